The molecule has 0 aliphatic carbocycles. The van der Waals surface area contributed by atoms with Crippen LogP contribution in [0.1, 0.15) is 11.5 Å². The van der Waals surface area contributed by atoms with Crippen molar-refractivity contribution in [2.45, 2.75) is 5.92 Å². The van der Waals surface area contributed by atoms with Crippen molar-refractivity contribution in [3.63, 3.8) is 0 Å². The standard InChI is InChI=1S/C11H15N3O.ClH/c1-15-10-4-2-3-8(5-10)9-6-13-11(12)14-7-9;/h2-5,9H,6-7H2,1H3,(H3,12,13,14);1H. The van der Waals surface area contributed by atoms with Gasteiger partial charge >= 0.3 is 0 Å². The Balaban J connectivity index is 0.00000128. The number of hydrogen-bond donors (Lipinski definition) is 2. The van der Waals surface area contributed by atoms with Gasteiger partial charge in [-0.15, -0.1) is 12.4 Å². The highest BCUT2D eigenvalue weighted by atomic mass is 35.5. The van der Waals surface area contributed by atoms with Gasteiger partial charge in [-0.25, -0.2) is 0 Å². The first-order chi connectivity index (χ1) is 7.29. The average molecular weight is 242 g/mol. The third kappa shape index (κ3) is 2.79. The summed E-state index contributed by atoms with van der Waals surface area (Å²) in [6, 6.07) is 8.07. The molecular formula is C11H16ClN3O. The first-order valence-corrected chi connectivity index (χ1v) is 4.97. The normalized spacial score (nSPS) is 19.1. The first kappa shape index (κ1) is 12.6. The molecule has 1 aromatic carbocycles. The molecule has 0 fully saturated rings. The van der Waals surface area contributed by atoms with Crippen molar-refractivity contribution in [1.82, 2.24) is 5.32 Å². The zero-order chi connectivity index (χ0) is 10.7. The smallest absolute Gasteiger partial charge is 0.188 e. The molecule has 4 nitrogen and oxygen atoms in total. The van der Waals surface area contributed by atoms with Crippen molar-refractivity contribution in [2.75, 3.05) is 20.2 Å². The molecule has 0 saturated heterocycles. The van der Waals surface area contributed by atoms with Crippen LogP contribution < -0.4 is 15.8 Å². The van der Waals surface area contributed by atoms with Crippen LogP contribution in [0.5, 0.6) is 5.75 Å². The molecule has 0 aromatic heterocycles. The Morgan fingerprint density at radius 3 is 2.94 bits per heavy atom. The largest absolute Gasteiger partial charge is 0.497 e. The monoisotopic (exact) mass is 241 g/mol. The summed E-state index contributed by atoms with van der Waals surface area (Å²) in [6.07, 6.45) is 0. The van der Waals surface area contributed by atoms with E-state index in [0.717, 1.165) is 18.8 Å². The van der Waals surface area contributed by atoms with Crippen molar-refractivity contribution in [3.8, 4) is 5.75 Å². The molecule has 0 saturated carbocycles. The molecule has 88 valence electrons. The number of rotatable bonds is 2. The maximum Gasteiger partial charge on any atom is 0.188 e. The second-order valence-corrected chi connectivity index (χ2v) is 3.58. The Bertz CT molecular complexity index is 381. The summed E-state index contributed by atoms with van der Waals surface area (Å²) < 4.78 is 5.19. The highest BCUT2D eigenvalue weighted by molar-refractivity contribution is 5.85. The minimum atomic E-state index is 0. The fourth-order valence-electron chi connectivity index (χ4n) is 1.68. The second kappa shape index (κ2) is 5.61. The lowest BCUT2D eigenvalue weighted by Gasteiger charge is -2.21. The summed E-state index contributed by atoms with van der Waals surface area (Å²) in [7, 11) is 1.67. The second-order valence-electron chi connectivity index (χ2n) is 3.58. The van der Waals surface area contributed by atoms with Crippen molar-refractivity contribution in [3.05, 3.63) is 29.8 Å². The first-order valence-electron chi connectivity index (χ1n) is 4.97. The van der Waals surface area contributed by atoms with Gasteiger partial charge in [0, 0.05) is 12.5 Å². The van der Waals surface area contributed by atoms with Crippen molar-refractivity contribution < 1.29 is 4.74 Å². The number of nitrogens with two attached hydrogens (primary N) is 1. The molecule has 1 aliphatic heterocycles. The number of ether oxygens (including phenoxy) is 1. The van der Waals surface area contributed by atoms with Crippen LogP contribution in [0.15, 0.2) is 29.3 Å². The predicted octanol–water partition coefficient (Wildman–Crippen LogP) is 1.12. The Morgan fingerprint density at radius 1 is 1.50 bits per heavy atom. The molecule has 3 N–H and O–H groups in total. The number of aliphatic imine (C=N–C) groups is 1. The molecule has 0 radical (unpaired) electrons. The molecule has 0 spiro atoms. The van der Waals surface area contributed by atoms with Gasteiger partial charge in [0.05, 0.1) is 13.7 Å². The van der Waals surface area contributed by atoms with Gasteiger partial charge in [-0.1, -0.05) is 12.1 Å². The highest BCUT2D eigenvalue weighted by Crippen LogP contribution is 2.21. The number of benzene rings is 1. The quantitative estimate of drug-likeness (QED) is 0.816. The molecular weight excluding hydrogens is 226 g/mol. The van der Waals surface area contributed by atoms with E-state index in [-0.39, 0.29) is 12.4 Å². The lowest BCUT2D eigenvalue weighted by atomic mass is 9.98. The summed E-state index contributed by atoms with van der Waals surface area (Å²) in [5.41, 5.74) is 6.78. The van der Waals surface area contributed by atoms with Crippen molar-refractivity contribution in [2.24, 2.45) is 10.7 Å². The molecule has 1 aromatic rings. The molecule has 2 rings (SSSR count). The van der Waals surface area contributed by atoms with E-state index in [2.05, 4.69) is 16.4 Å². The predicted molar refractivity (Wildman–Crippen MR) is 67.5 cm³/mol. The van der Waals surface area contributed by atoms with Crippen LogP contribution in [0, 0.1) is 0 Å². The Kier molecular flexibility index (Phi) is 4.43. The van der Waals surface area contributed by atoms with Crippen LogP contribution in [0.4, 0.5) is 0 Å². The molecule has 1 heterocycles. The van der Waals surface area contributed by atoms with E-state index in [1.807, 2.05) is 18.2 Å². The molecule has 1 aliphatic rings. The Labute approximate surface area is 101 Å². The van der Waals surface area contributed by atoms with Gasteiger partial charge in [0.2, 0.25) is 0 Å². The van der Waals surface area contributed by atoms with Crippen molar-refractivity contribution in [1.29, 1.82) is 0 Å². The van der Waals surface area contributed by atoms with Gasteiger partial charge in [-0.3, -0.25) is 4.99 Å². The molecule has 0 amide bonds. The fraction of sp³-hybridized carbons (Fsp3) is 0.364. The van der Waals surface area contributed by atoms with Crippen LogP contribution in [-0.2, 0) is 0 Å². The number of nitrogens with zero attached hydrogens (tertiary/aromatic N) is 1. The lowest BCUT2D eigenvalue weighted by molar-refractivity contribution is 0.413. The summed E-state index contributed by atoms with van der Waals surface area (Å²) in [5, 5.41) is 3.05. The number of nitrogens with one attached hydrogen (secondary N) is 1. The average Bonchev–Trinajstić information content (AvgIpc) is 2.30. The Morgan fingerprint density at radius 2 is 2.31 bits per heavy atom. The minimum Gasteiger partial charge on any atom is -0.497 e. The zero-order valence-electron chi connectivity index (χ0n) is 9.14. The van der Waals surface area contributed by atoms with E-state index in [9.17, 15) is 0 Å². The van der Waals surface area contributed by atoms with Gasteiger partial charge in [0.1, 0.15) is 5.75 Å². The summed E-state index contributed by atoms with van der Waals surface area (Å²) in [5.74, 6) is 1.80. The molecule has 5 heteroatoms. The number of guanidine groups is 1. The summed E-state index contributed by atoms with van der Waals surface area (Å²) in [6.45, 7) is 1.58. The van der Waals surface area contributed by atoms with E-state index in [1.165, 1.54) is 5.56 Å². The van der Waals surface area contributed by atoms with E-state index in [4.69, 9.17) is 10.5 Å². The topological polar surface area (TPSA) is 59.6 Å². The van der Waals surface area contributed by atoms with Crippen LogP contribution in [-0.4, -0.2) is 26.2 Å². The van der Waals surface area contributed by atoms with Gasteiger partial charge < -0.3 is 15.8 Å². The van der Waals surface area contributed by atoms with E-state index < -0.39 is 0 Å². The van der Waals surface area contributed by atoms with Crippen LogP contribution in [0.25, 0.3) is 0 Å². The van der Waals surface area contributed by atoms with E-state index in [1.54, 1.807) is 7.11 Å². The van der Waals surface area contributed by atoms with E-state index >= 15 is 0 Å². The molecule has 1 atom stereocenters. The van der Waals surface area contributed by atoms with Gasteiger partial charge in [-0.2, -0.15) is 0 Å². The summed E-state index contributed by atoms with van der Waals surface area (Å²) >= 11 is 0. The molecule has 0 bridgehead atoms. The van der Waals surface area contributed by atoms with Crippen LogP contribution in [0.3, 0.4) is 0 Å². The Hall–Kier alpha value is -1.42. The summed E-state index contributed by atoms with van der Waals surface area (Å²) in [4.78, 5) is 4.19. The van der Waals surface area contributed by atoms with Gasteiger partial charge in [-0.05, 0) is 17.7 Å². The number of halogens is 1. The van der Waals surface area contributed by atoms with E-state index in [0.29, 0.717) is 11.9 Å². The van der Waals surface area contributed by atoms with Gasteiger partial charge in [0.15, 0.2) is 5.96 Å². The highest BCUT2D eigenvalue weighted by Gasteiger charge is 2.15. The molecule has 16 heavy (non-hydrogen) atoms. The lowest BCUT2D eigenvalue weighted by Crippen LogP contribution is -2.39. The minimum absolute atomic E-state index is 0. The maximum absolute atomic E-state index is 5.55. The SMILES string of the molecule is COc1cccc(C2CN=C(N)NC2)c1.Cl. The fourth-order valence-corrected chi connectivity index (χ4v) is 1.68. The van der Waals surface area contributed by atoms with Gasteiger partial charge in [0.25, 0.3) is 0 Å². The van der Waals surface area contributed by atoms with Crippen LogP contribution in [0.2, 0.25) is 0 Å². The third-order valence-corrected chi connectivity index (χ3v) is 2.58. The van der Waals surface area contributed by atoms with Crippen molar-refractivity contribution >= 4 is 18.4 Å². The maximum atomic E-state index is 5.55. The zero-order valence-corrected chi connectivity index (χ0v) is 9.96. The van der Waals surface area contributed by atoms with Crippen LogP contribution >= 0.6 is 12.4 Å². The number of methoxy groups -OCH3 is 1. The molecule has 1 unspecified atom stereocenters. The third-order valence-electron chi connectivity index (χ3n) is 2.58. The number of hydrogen-bond acceptors (Lipinski definition) is 4.